The third-order valence-electron chi connectivity index (χ3n) is 3.31. The first-order valence-corrected chi connectivity index (χ1v) is 8.66. The van der Waals surface area contributed by atoms with Crippen LogP contribution >= 0.6 is 7.94 Å². The Kier molecular flexibility index (Phi) is 3.73. The standard InChI is InChI=1S/C12H17N5O4P.2H2/c1-20-11-9-10(15-12(13)16-11)17(6-14-9)7-3-4-8(5-7)21-22(2,18)19;;/h3-4,6-8,18-19H,5H2,1-2H3,(H2,13,15,16);2*1H/q+1;;/t7-,8+;;/m0../s1. The number of anilines is 1. The van der Waals surface area contributed by atoms with E-state index < -0.39 is 7.94 Å². The van der Waals surface area contributed by atoms with Gasteiger partial charge in [-0.05, 0) is 0 Å². The van der Waals surface area contributed by atoms with Gasteiger partial charge in [0.15, 0.2) is 11.2 Å². The third-order valence-corrected chi connectivity index (χ3v) is 3.98. The van der Waals surface area contributed by atoms with Gasteiger partial charge in [-0.25, -0.2) is 4.98 Å². The molecule has 0 saturated carbocycles. The lowest BCUT2D eigenvalue weighted by atomic mass is 10.2. The van der Waals surface area contributed by atoms with Crippen LogP contribution in [-0.2, 0) is 4.52 Å². The van der Waals surface area contributed by atoms with Crippen LogP contribution in [0.15, 0.2) is 18.5 Å². The fourth-order valence-electron chi connectivity index (χ4n) is 2.48. The van der Waals surface area contributed by atoms with Crippen LogP contribution in [0.25, 0.3) is 11.2 Å². The molecule has 0 aromatic carbocycles. The van der Waals surface area contributed by atoms with Gasteiger partial charge in [-0.2, -0.15) is 24.3 Å². The Bertz CT molecular complexity index is 736. The van der Waals surface area contributed by atoms with E-state index in [1.165, 1.54) is 13.8 Å². The minimum atomic E-state index is -3.28. The highest BCUT2D eigenvalue weighted by Gasteiger charge is 2.35. The molecule has 1 aliphatic carbocycles. The van der Waals surface area contributed by atoms with Crippen molar-refractivity contribution in [3.63, 3.8) is 0 Å². The minimum Gasteiger partial charge on any atom is -0.479 e. The molecular formula is C12H21N5O4P+. The Morgan fingerprint density at radius 2 is 2.18 bits per heavy atom. The molecule has 9 nitrogen and oxygen atoms in total. The van der Waals surface area contributed by atoms with E-state index in [4.69, 9.17) is 15.0 Å². The van der Waals surface area contributed by atoms with Gasteiger partial charge in [0.25, 0.3) is 0 Å². The normalized spacial score (nSPS) is 21.6. The molecule has 2 aromatic heterocycles. The van der Waals surface area contributed by atoms with E-state index >= 15 is 0 Å². The number of ether oxygens (including phenoxy) is 1. The molecule has 0 saturated heterocycles. The SMILES string of the molecule is COc1nc(N)nc2c1ncn2[C@H]1C=C[C@@H](O[P+](C)(O)O)C1.[HH].[HH]. The Hall–Kier alpha value is -1.80. The number of allylic oxidation sites excluding steroid dienone is 1. The van der Waals surface area contributed by atoms with E-state index in [2.05, 4.69) is 15.0 Å². The van der Waals surface area contributed by atoms with Crippen molar-refractivity contribution >= 4 is 25.1 Å². The van der Waals surface area contributed by atoms with Crippen LogP contribution in [0.3, 0.4) is 0 Å². The molecule has 0 radical (unpaired) electrons. The quantitative estimate of drug-likeness (QED) is 0.563. The van der Waals surface area contributed by atoms with E-state index in [1.807, 2.05) is 10.6 Å². The molecule has 22 heavy (non-hydrogen) atoms. The van der Waals surface area contributed by atoms with Gasteiger partial charge in [-0.3, -0.25) is 0 Å². The molecule has 10 heteroatoms. The summed E-state index contributed by atoms with van der Waals surface area (Å²) in [7, 11) is -1.79. The number of fused-ring (bicyclic) bond motifs is 1. The van der Waals surface area contributed by atoms with Gasteiger partial charge in [-0.15, -0.1) is 0 Å². The average Bonchev–Trinajstić information content (AvgIpc) is 3.02. The summed E-state index contributed by atoms with van der Waals surface area (Å²) in [5.74, 6) is 0.422. The highest BCUT2D eigenvalue weighted by atomic mass is 31.2. The zero-order valence-corrected chi connectivity index (χ0v) is 13.0. The maximum Gasteiger partial charge on any atom is 0.403 e. The van der Waals surface area contributed by atoms with Crippen molar-refractivity contribution in [2.45, 2.75) is 18.6 Å². The van der Waals surface area contributed by atoms with Gasteiger partial charge < -0.3 is 15.0 Å². The van der Waals surface area contributed by atoms with Gasteiger partial charge >= 0.3 is 7.94 Å². The highest BCUT2D eigenvalue weighted by Crippen LogP contribution is 2.49. The number of nitrogen functional groups attached to an aromatic ring is 1. The van der Waals surface area contributed by atoms with Gasteiger partial charge in [0.2, 0.25) is 11.8 Å². The molecule has 4 N–H and O–H groups in total. The topological polar surface area (TPSA) is 129 Å². The van der Waals surface area contributed by atoms with E-state index in [1.54, 1.807) is 12.4 Å². The fourth-order valence-corrected chi connectivity index (χ4v) is 3.15. The smallest absolute Gasteiger partial charge is 0.403 e. The number of imidazole rings is 1. The molecular weight excluding hydrogens is 309 g/mol. The van der Waals surface area contributed by atoms with Crippen LogP contribution in [0.5, 0.6) is 5.88 Å². The van der Waals surface area contributed by atoms with Gasteiger partial charge in [0.05, 0.1) is 19.5 Å². The molecule has 0 fully saturated rings. The van der Waals surface area contributed by atoms with Crippen LogP contribution in [0.4, 0.5) is 5.95 Å². The van der Waals surface area contributed by atoms with Gasteiger partial charge in [0, 0.05) is 9.27 Å². The van der Waals surface area contributed by atoms with Crippen LogP contribution < -0.4 is 10.5 Å². The average molecular weight is 330 g/mol. The molecule has 3 rings (SSSR count). The first-order chi connectivity index (χ1) is 10.4. The summed E-state index contributed by atoms with van der Waals surface area (Å²) in [5.41, 5.74) is 6.77. The zero-order chi connectivity index (χ0) is 15.9. The molecule has 2 heterocycles. The zero-order valence-electron chi connectivity index (χ0n) is 12.1. The number of rotatable bonds is 4. The predicted molar refractivity (Wildman–Crippen MR) is 85.5 cm³/mol. The largest absolute Gasteiger partial charge is 0.479 e. The second-order valence-corrected chi connectivity index (χ2v) is 6.96. The molecule has 0 aliphatic heterocycles. The molecule has 1 aliphatic rings. The van der Waals surface area contributed by atoms with Gasteiger partial charge in [-0.1, -0.05) is 12.2 Å². The van der Waals surface area contributed by atoms with Crippen molar-refractivity contribution in [2.75, 3.05) is 19.5 Å². The molecule has 0 spiro atoms. The summed E-state index contributed by atoms with van der Waals surface area (Å²) in [6, 6.07) is -0.0689. The second kappa shape index (κ2) is 5.44. The van der Waals surface area contributed by atoms with Crippen molar-refractivity contribution in [2.24, 2.45) is 0 Å². The van der Waals surface area contributed by atoms with Crippen LogP contribution in [0, 0.1) is 0 Å². The minimum absolute atomic E-state index is 0. The van der Waals surface area contributed by atoms with Crippen molar-refractivity contribution in [3.05, 3.63) is 18.5 Å². The number of hydrogen-bond donors (Lipinski definition) is 3. The summed E-state index contributed by atoms with van der Waals surface area (Å²) in [6.45, 7) is 1.28. The third kappa shape index (κ3) is 2.89. The van der Waals surface area contributed by atoms with E-state index in [-0.39, 0.29) is 20.9 Å². The van der Waals surface area contributed by atoms with Crippen molar-refractivity contribution < 1.29 is 21.9 Å². The number of nitrogens with zero attached hydrogens (tertiary/aromatic N) is 4. The molecule has 0 unspecified atom stereocenters. The Labute approximate surface area is 130 Å². The van der Waals surface area contributed by atoms with Crippen molar-refractivity contribution in [1.29, 1.82) is 0 Å². The maximum absolute atomic E-state index is 9.41. The lowest BCUT2D eigenvalue weighted by Crippen LogP contribution is -2.12. The monoisotopic (exact) mass is 330 g/mol. The molecule has 0 bridgehead atoms. The fraction of sp³-hybridized carbons (Fsp3) is 0.417. The lowest BCUT2D eigenvalue weighted by molar-refractivity contribution is 0.182. The van der Waals surface area contributed by atoms with Crippen LogP contribution in [-0.4, -0.2) is 49.2 Å². The summed E-state index contributed by atoms with van der Waals surface area (Å²) >= 11 is 0. The molecule has 2 atom stereocenters. The van der Waals surface area contributed by atoms with E-state index in [9.17, 15) is 9.79 Å². The van der Waals surface area contributed by atoms with Crippen molar-refractivity contribution in [3.8, 4) is 5.88 Å². The molecule has 0 amide bonds. The van der Waals surface area contributed by atoms with Crippen molar-refractivity contribution in [1.82, 2.24) is 19.5 Å². The summed E-state index contributed by atoms with van der Waals surface area (Å²) < 4.78 is 12.2. The Balaban J connectivity index is 0.00000144. The van der Waals surface area contributed by atoms with Crippen LogP contribution in [0.2, 0.25) is 0 Å². The number of aromatic nitrogens is 4. The maximum atomic E-state index is 9.41. The summed E-state index contributed by atoms with van der Waals surface area (Å²) in [5, 5.41) is 0. The lowest BCUT2D eigenvalue weighted by Gasteiger charge is -2.14. The Morgan fingerprint density at radius 1 is 1.41 bits per heavy atom. The number of methoxy groups -OCH3 is 1. The van der Waals surface area contributed by atoms with E-state index in [0.717, 1.165) is 0 Å². The predicted octanol–water partition coefficient (Wildman–Crippen LogP) is 1.17. The first kappa shape index (κ1) is 15.1. The molecule has 122 valence electrons. The summed E-state index contributed by atoms with van der Waals surface area (Å²) in [4.78, 5) is 31.3. The van der Waals surface area contributed by atoms with E-state index in [0.29, 0.717) is 23.5 Å². The molecule has 2 aromatic rings. The summed E-state index contributed by atoms with van der Waals surface area (Å²) in [6.07, 6.45) is 5.52. The Morgan fingerprint density at radius 3 is 2.86 bits per heavy atom. The van der Waals surface area contributed by atoms with Crippen LogP contribution in [0.1, 0.15) is 15.3 Å². The second-order valence-electron chi connectivity index (χ2n) is 5.08. The number of nitrogens with two attached hydrogens (primary N) is 1. The first-order valence-electron chi connectivity index (χ1n) is 6.60. The highest BCUT2D eigenvalue weighted by molar-refractivity contribution is 7.58. The number of hydrogen-bond acceptors (Lipinski definition) is 8. The van der Waals surface area contributed by atoms with Gasteiger partial charge in [0.1, 0.15) is 12.8 Å².